The van der Waals surface area contributed by atoms with Crippen LogP contribution in [-0.4, -0.2) is 35.7 Å². The minimum absolute atomic E-state index is 0.0630. The van der Waals surface area contributed by atoms with Crippen LogP contribution in [0.4, 0.5) is 0 Å². The highest BCUT2D eigenvalue weighted by Crippen LogP contribution is 2.38. The lowest BCUT2D eigenvalue weighted by Gasteiger charge is -2.26. The number of rotatable bonds is 7. The molecule has 0 radical (unpaired) electrons. The topological polar surface area (TPSA) is 56.1 Å². The first-order valence-corrected chi connectivity index (χ1v) is 12.1. The molecule has 0 unspecified atom stereocenters. The number of carbonyl (C=O) groups is 1. The number of hydrogen-bond donors (Lipinski definition) is 1. The van der Waals surface area contributed by atoms with Gasteiger partial charge in [-0.15, -0.1) is 11.3 Å². The lowest BCUT2D eigenvalue weighted by atomic mass is 9.95. The number of ether oxygens (including phenoxy) is 1. The number of amides is 1. The molecule has 1 fully saturated rings. The van der Waals surface area contributed by atoms with Gasteiger partial charge in [0.15, 0.2) is 0 Å². The largest absolute Gasteiger partial charge is 0.383 e. The van der Waals surface area contributed by atoms with Gasteiger partial charge >= 0.3 is 0 Å². The molecule has 0 saturated heterocycles. The van der Waals surface area contributed by atoms with Crippen molar-refractivity contribution in [2.75, 3.05) is 20.3 Å². The van der Waals surface area contributed by atoms with Gasteiger partial charge in [-0.05, 0) is 31.9 Å². The molecule has 0 aliphatic heterocycles. The summed E-state index contributed by atoms with van der Waals surface area (Å²) in [4.78, 5) is 17.8. The first-order chi connectivity index (χ1) is 15.1. The summed E-state index contributed by atoms with van der Waals surface area (Å²) in [6.45, 7) is 3.03. The maximum atomic E-state index is 12.9. The van der Waals surface area contributed by atoms with Gasteiger partial charge in [-0.3, -0.25) is 4.79 Å². The molecule has 2 aromatic heterocycles. The lowest BCUT2D eigenvalue weighted by Crippen LogP contribution is -2.27. The molecule has 1 aromatic carbocycles. The second-order valence-corrected chi connectivity index (χ2v) is 9.22. The van der Waals surface area contributed by atoms with Gasteiger partial charge in [0.2, 0.25) is 0 Å². The van der Waals surface area contributed by atoms with Crippen molar-refractivity contribution in [1.29, 1.82) is 0 Å². The Hall–Kier alpha value is -2.15. The van der Waals surface area contributed by atoms with Gasteiger partial charge in [0.1, 0.15) is 5.01 Å². The van der Waals surface area contributed by atoms with Gasteiger partial charge in [-0.25, -0.2) is 4.98 Å². The molecule has 31 heavy (non-hydrogen) atoms. The fraction of sp³-hybridized carbons (Fsp3) is 0.417. The van der Waals surface area contributed by atoms with Crippen molar-refractivity contribution < 1.29 is 9.53 Å². The van der Waals surface area contributed by atoms with E-state index in [4.69, 9.17) is 21.3 Å². The van der Waals surface area contributed by atoms with Crippen LogP contribution in [0.15, 0.2) is 35.7 Å². The summed E-state index contributed by atoms with van der Waals surface area (Å²) in [5.41, 5.74) is 4.55. The number of nitrogens with zero attached hydrogens (tertiary/aromatic N) is 2. The van der Waals surface area contributed by atoms with E-state index >= 15 is 0 Å². The molecule has 1 aliphatic carbocycles. The van der Waals surface area contributed by atoms with E-state index in [-0.39, 0.29) is 5.91 Å². The average molecular weight is 458 g/mol. The molecule has 164 valence electrons. The van der Waals surface area contributed by atoms with Crippen molar-refractivity contribution in [1.82, 2.24) is 14.9 Å². The highest BCUT2D eigenvalue weighted by atomic mass is 35.5. The minimum Gasteiger partial charge on any atom is -0.383 e. The summed E-state index contributed by atoms with van der Waals surface area (Å²) in [5.74, 6) is -0.0630. The number of benzene rings is 1. The van der Waals surface area contributed by atoms with Crippen LogP contribution in [0.1, 0.15) is 54.2 Å². The van der Waals surface area contributed by atoms with Gasteiger partial charge < -0.3 is 14.6 Å². The lowest BCUT2D eigenvalue weighted by molar-refractivity contribution is 0.0936. The molecule has 1 N–H and O–H groups in total. The van der Waals surface area contributed by atoms with Crippen LogP contribution in [-0.2, 0) is 4.74 Å². The predicted molar refractivity (Wildman–Crippen MR) is 127 cm³/mol. The summed E-state index contributed by atoms with van der Waals surface area (Å²) >= 11 is 7.98. The Labute approximate surface area is 192 Å². The third-order valence-corrected chi connectivity index (χ3v) is 7.14. The minimum atomic E-state index is -0.0630. The summed E-state index contributed by atoms with van der Waals surface area (Å²) in [5, 5.41) is 6.61. The second-order valence-electron chi connectivity index (χ2n) is 7.96. The van der Waals surface area contributed by atoms with Crippen LogP contribution in [0.25, 0.3) is 22.0 Å². The van der Waals surface area contributed by atoms with E-state index in [0.29, 0.717) is 29.8 Å². The zero-order chi connectivity index (χ0) is 21.8. The van der Waals surface area contributed by atoms with E-state index in [1.54, 1.807) is 18.4 Å². The molecule has 0 atom stereocenters. The van der Waals surface area contributed by atoms with Crippen molar-refractivity contribution in [2.45, 2.75) is 45.1 Å². The molecule has 4 rings (SSSR count). The van der Waals surface area contributed by atoms with E-state index in [1.165, 1.54) is 19.3 Å². The van der Waals surface area contributed by atoms with Gasteiger partial charge in [0, 0.05) is 36.3 Å². The normalized spacial score (nSPS) is 14.7. The fourth-order valence-electron chi connectivity index (χ4n) is 4.37. The number of halogens is 1. The van der Waals surface area contributed by atoms with Crippen LogP contribution in [0.5, 0.6) is 0 Å². The van der Waals surface area contributed by atoms with Gasteiger partial charge in [-0.1, -0.05) is 49.1 Å². The van der Waals surface area contributed by atoms with Crippen molar-refractivity contribution in [2.24, 2.45) is 0 Å². The monoisotopic (exact) mass is 457 g/mol. The van der Waals surface area contributed by atoms with Crippen molar-refractivity contribution >= 4 is 28.8 Å². The summed E-state index contributed by atoms with van der Waals surface area (Å²) in [6, 6.07) is 10.2. The average Bonchev–Trinajstić information content (AvgIpc) is 3.39. The number of methoxy groups -OCH3 is 1. The highest BCUT2D eigenvalue weighted by Gasteiger charge is 2.26. The number of carbonyl (C=O) groups excluding carboxylic acids is 1. The number of hydrogen-bond acceptors (Lipinski definition) is 4. The maximum Gasteiger partial charge on any atom is 0.253 e. The molecule has 1 aliphatic rings. The van der Waals surface area contributed by atoms with Crippen LogP contribution < -0.4 is 5.32 Å². The molecular weight excluding hydrogens is 430 g/mol. The second kappa shape index (κ2) is 9.98. The molecule has 1 saturated carbocycles. The predicted octanol–water partition coefficient (Wildman–Crippen LogP) is 6.12. The SMILES string of the molecule is COCCNC(=O)c1cc(-c2csc(-c3ccccc3Cl)n2)n(C2CCCCC2)c1C. The number of aromatic nitrogens is 2. The number of thiazole rings is 1. The van der Waals surface area contributed by atoms with Crippen LogP contribution in [0.3, 0.4) is 0 Å². The van der Waals surface area contributed by atoms with Crippen LogP contribution >= 0.6 is 22.9 Å². The third kappa shape index (κ3) is 4.71. The molecule has 7 heteroatoms. The molecule has 0 bridgehead atoms. The number of nitrogens with one attached hydrogen (secondary N) is 1. The molecule has 0 spiro atoms. The molecular formula is C24H28ClN3O2S. The standard InChI is InChI=1S/C24H28ClN3O2S/c1-16-19(23(29)26-12-13-30-2)14-22(28(16)17-8-4-3-5-9-17)21-15-31-24(27-21)18-10-6-7-11-20(18)25/h6-7,10-11,14-15,17H,3-5,8-9,12-13H2,1-2H3,(H,26,29). The molecule has 3 aromatic rings. The first kappa shape index (κ1) is 22.1. The van der Waals surface area contributed by atoms with Gasteiger partial charge in [0.25, 0.3) is 5.91 Å². The summed E-state index contributed by atoms with van der Waals surface area (Å²) in [6.07, 6.45) is 5.99. The van der Waals surface area contributed by atoms with E-state index in [9.17, 15) is 4.79 Å². The van der Waals surface area contributed by atoms with Crippen molar-refractivity contribution in [3.8, 4) is 22.0 Å². The Kier molecular flexibility index (Phi) is 7.10. The Morgan fingerprint density at radius 3 is 2.81 bits per heavy atom. The van der Waals surface area contributed by atoms with Gasteiger partial charge in [0.05, 0.1) is 28.6 Å². The molecule has 2 heterocycles. The Bertz CT molecular complexity index is 1050. The Morgan fingerprint density at radius 1 is 1.29 bits per heavy atom. The van der Waals surface area contributed by atoms with E-state index in [2.05, 4.69) is 15.3 Å². The summed E-state index contributed by atoms with van der Waals surface area (Å²) < 4.78 is 7.41. The smallest absolute Gasteiger partial charge is 0.253 e. The van der Waals surface area contributed by atoms with Crippen LogP contribution in [0.2, 0.25) is 5.02 Å². The first-order valence-electron chi connectivity index (χ1n) is 10.8. The van der Waals surface area contributed by atoms with Crippen molar-refractivity contribution in [3.05, 3.63) is 52.0 Å². The third-order valence-electron chi connectivity index (χ3n) is 5.94. The maximum absolute atomic E-state index is 12.9. The summed E-state index contributed by atoms with van der Waals surface area (Å²) in [7, 11) is 1.63. The molecule has 5 nitrogen and oxygen atoms in total. The van der Waals surface area contributed by atoms with Crippen molar-refractivity contribution in [3.63, 3.8) is 0 Å². The van der Waals surface area contributed by atoms with Gasteiger partial charge in [-0.2, -0.15) is 0 Å². The van der Waals surface area contributed by atoms with E-state index in [1.807, 2.05) is 37.3 Å². The zero-order valence-electron chi connectivity index (χ0n) is 18.0. The highest BCUT2D eigenvalue weighted by molar-refractivity contribution is 7.13. The molecule has 1 amide bonds. The van der Waals surface area contributed by atoms with E-state index in [0.717, 1.165) is 40.5 Å². The Morgan fingerprint density at radius 2 is 2.06 bits per heavy atom. The quantitative estimate of drug-likeness (QED) is 0.434. The van der Waals surface area contributed by atoms with E-state index < -0.39 is 0 Å². The Balaban J connectivity index is 1.73. The fourth-order valence-corrected chi connectivity index (χ4v) is 5.50. The zero-order valence-corrected chi connectivity index (χ0v) is 19.6. The van der Waals surface area contributed by atoms with Crippen LogP contribution in [0, 0.1) is 6.92 Å².